The second-order valence-corrected chi connectivity index (χ2v) is 8.21. The Kier molecular flexibility index (Phi) is 13.1. The number of nitrogens with one attached hydrogen (secondary N) is 4. The quantitative estimate of drug-likeness (QED) is 0.192. The van der Waals surface area contributed by atoms with Crippen molar-refractivity contribution in [2.24, 2.45) is 4.99 Å². The van der Waals surface area contributed by atoms with Crippen LogP contribution in [0.1, 0.15) is 37.5 Å². The SMILES string of the molecule is CCNC(=NCc1ccc(NC(=O)NC(C)C)cc1)NCc1ccc(F)cc1CSC.I. The molecule has 6 nitrogen and oxygen atoms in total. The van der Waals surface area contributed by atoms with E-state index in [4.69, 9.17) is 0 Å². The molecular formula is C23H33FIN5OS. The zero-order chi connectivity index (χ0) is 22.6. The Balaban J connectivity index is 0.00000512. The van der Waals surface area contributed by atoms with E-state index < -0.39 is 0 Å². The number of hydrogen-bond donors (Lipinski definition) is 4. The molecule has 0 atom stereocenters. The van der Waals surface area contributed by atoms with Gasteiger partial charge in [-0.3, -0.25) is 0 Å². The van der Waals surface area contributed by atoms with Crippen molar-refractivity contribution in [1.29, 1.82) is 0 Å². The molecule has 2 aromatic carbocycles. The lowest BCUT2D eigenvalue weighted by atomic mass is 10.1. The summed E-state index contributed by atoms with van der Waals surface area (Å²) in [5.74, 6) is 1.24. The normalized spacial score (nSPS) is 11.0. The predicted molar refractivity (Wildman–Crippen MR) is 144 cm³/mol. The molecule has 2 amide bonds. The average molecular weight is 574 g/mol. The summed E-state index contributed by atoms with van der Waals surface area (Å²) in [7, 11) is 0. The number of benzene rings is 2. The standard InChI is InChI=1S/C23H32FN5OS.HI/c1-5-25-22(27-14-18-8-9-20(24)12-19(18)15-31-4)26-13-17-6-10-21(11-7-17)29-23(30)28-16(2)3;/h6-12,16H,5,13-15H2,1-4H3,(H2,25,26,27)(H2,28,29,30);1H. The van der Waals surface area contributed by atoms with E-state index in [1.807, 2.05) is 57.4 Å². The average Bonchev–Trinajstić information content (AvgIpc) is 2.72. The highest BCUT2D eigenvalue weighted by Gasteiger charge is 2.06. The van der Waals surface area contributed by atoms with Crippen LogP contribution in [0.3, 0.4) is 0 Å². The summed E-state index contributed by atoms with van der Waals surface area (Å²) in [6.07, 6.45) is 2.01. The molecule has 0 spiro atoms. The van der Waals surface area contributed by atoms with E-state index in [-0.39, 0.29) is 41.9 Å². The first-order valence-corrected chi connectivity index (χ1v) is 11.8. The summed E-state index contributed by atoms with van der Waals surface area (Å²) in [6.45, 7) is 7.63. The summed E-state index contributed by atoms with van der Waals surface area (Å²) < 4.78 is 13.6. The minimum absolute atomic E-state index is 0. The fourth-order valence-electron chi connectivity index (χ4n) is 2.87. The van der Waals surface area contributed by atoms with Gasteiger partial charge < -0.3 is 21.3 Å². The Bertz CT molecular complexity index is 877. The minimum Gasteiger partial charge on any atom is -0.357 e. The molecule has 32 heavy (non-hydrogen) atoms. The fourth-order valence-corrected chi connectivity index (χ4v) is 3.45. The molecule has 0 aliphatic heterocycles. The van der Waals surface area contributed by atoms with E-state index in [1.165, 1.54) is 6.07 Å². The van der Waals surface area contributed by atoms with Crippen molar-refractivity contribution in [3.8, 4) is 0 Å². The fraction of sp³-hybridized carbons (Fsp3) is 0.391. The number of rotatable bonds is 9. The van der Waals surface area contributed by atoms with E-state index in [1.54, 1.807) is 17.8 Å². The van der Waals surface area contributed by atoms with Gasteiger partial charge in [-0.2, -0.15) is 11.8 Å². The number of carbonyl (C=O) groups excluding carboxylic acids is 1. The molecule has 0 saturated carbocycles. The van der Waals surface area contributed by atoms with Crippen molar-refractivity contribution in [2.45, 2.75) is 45.7 Å². The lowest BCUT2D eigenvalue weighted by Gasteiger charge is -2.14. The van der Waals surface area contributed by atoms with Crippen molar-refractivity contribution in [3.05, 3.63) is 65.0 Å². The summed E-state index contributed by atoms with van der Waals surface area (Å²) in [5.41, 5.74) is 3.79. The predicted octanol–water partition coefficient (Wildman–Crippen LogP) is 5.09. The summed E-state index contributed by atoms with van der Waals surface area (Å²) >= 11 is 1.67. The highest BCUT2D eigenvalue weighted by molar-refractivity contribution is 14.0. The number of nitrogens with zero attached hydrogens (tertiary/aromatic N) is 1. The monoisotopic (exact) mass is 573 g/mol. The molecule has 0 saturated heterocycles. The van der Waals surface area contributed by atoms with Crippen LogP contribution in [0.5, 0.6) is 0 Å². The summed E-state index contributed by atoms with van der Waals surface area (Å²) in [6, 6.07) is 12.4. The van der Waals surface area contributed by atoms with Gasteiger partial charge in [0.15, 0.2) is 5.96 Å². The maximum absolute atomic E-state index is 13.6. The number of amides is 2. The van der Waals surface area contributed by atoms with Crippen molar-refractivity contribution in [3.63, 3.8) is 0 Å². The zero-order valence-electron chi connectivity index (χ0n) is 19.0. The molecule has 4 N–H and O–H groups in total. The molecule has 0 aliphatic rings. The Morgan fingerprint density at radius 1 is 1.09 bits per heavy atom. The molecule has 0 heterocycles. The Morgan fingerprint density at radius 3 is 2.44 bits per heavy atom. The molecule has 0 aliphatic carbocycles. The molecule has 0 unspecified atom stereocenters. The second-order valence-electron chi connectivity index (χ2n) is 7.34. The van der Waals surface area contributed by atoms with E-state index >= 15 is 0 Å². The first-order valence-electron chi connectivity index (χ1n) is 10.4. The molecule has 0 fully saturated rings. The number of thioether (sulfide) groups is 1. The minimum atomic E-state index is -0.221. The van der Waals surface area contributed by atoms with E-state index in [0.717, 1.165) is 34.7 Å². The summed E-state index contributed by atoms with van der Waals surface area (Å²) in [5, 5.41) is 12.2. The lowest BCUT2D eigenvalue weighted by molar-refractivity contribution is 0.250. The maximum Gasteiger partial charge on any atom is 0.319 e. The molecule has 0 aromatic heterocycles. The third-order valence-electron chi connectivity index (χ3n) is 4.31. The van der Waals surface area contributed by atoms with Crippen molar-refractivity contribution in [1.82, 2.24) is 16.0 Å². The molecule has 176 valence electrons. The van der Waals surface area contributed by atoms with Crippen molar-refractivity contribution in [2.75, 3.05) is 18.1 Å². The van der Waals surface area contributed by atoms with Gasteiger partial charge in [0.1, 0.15) is 5.82 Å². The smallest absolute Gasteiger partial charge is 0.319 e. The van der Waals surface area contributed by atoms with Gasteiger partial charge in [-0.05, 0) is 68.0 Å². The number of halogens is 2. The zero-order valence-corrected chi connectivity index (χ0v) is 22.1. The van der Waals surface area contributed by atoms with Crippen LogP contribution < -0.4 is 21.3 Å². The molecule has 9 heteroatoms. The summed E-state index contributed by atoms with van der Waals surface area (Å²) in [4.78, 5) is 16.4. The van der Waals surface area contributed by atoms with Crippen molar-refractivity contribution < 1.29 is 9.18 Å². The van der Waals surface area contributed by atoms with E-state index in [9.17, 15) is 9.18 Å². The van der Waals surface area contributed by atoms with Crippen LogP contribution in [0, 0.1) is 5.82 Å². The van der Waals surface area contributed by atoms with Crippen molar-refractivity contribution >= 4 is 53.4 Å². The number of guanidine groups is 1. The van der Waals surface area contributed by atoms with Crippen LogP contribution in [0.15, 0.2) is 47.5 Å². The molecule has 0 bridgehead atoms. The molecule has 2 rings (SSSR count). The number of urea groups is 1. The number of hydrogen-bond acceptors (Lipinski definition) is 3. The van der Waals surface area contributed by atoms with Gasteiger partial charge in [0.2, 0.25) is 0 Å². The Morgan fingerprint density at radius 2 is 1.81 bits per heavy atom. The van der Waals surface area contributed by atoms with Gasteiger partial charge in [0.25, 0.3) is 0 Å². The number of anilines is 1. The highest BCUT2D eigenvalue weighted by Crippen LogP contribution is 2.16. The topological polar surface area (TPSA) is 77.5 Å². The van der Waals surface area contributed by atoms with Gasteiger partial charge in [-0.25, -0.2) is 14.2 Å². The van der Waals surface area contributed by atoms with Gasteiger partial charge in [0.05, 0.1) is 6.54 Å². The van der Waals surface area contributed by atoms with Gasteiger partial charge >= 0.3 is 6.03 Å². The van der Waals surface area contributed by atoms with Gasteiger partial charge in [0, 0.05) is 30.6 Å². The third kappa shape index (κ3) is 10.1. The molecule has 0 radical (unpaired) electrons. The van der Waals surface area contributed by atoms with Crippen LogP contribution in [-0.4, -0.2) is 30.8 Å². The molecular weight excluding hydrogens is 540 g/mol. The van der Waals surface area contributed by atoms with Gasteiger partial charge in [-0.1, -0.05) is 18.2 Å². The van der Waals surface area contributed by atoms with Gasteiger partial charge in [-0.15, -0.1) is 24.0 Å². The number of aliphatic imine (C=N–C) groups is 1. The maximum atomic E-state index is 13.6. The Hall–Kier alpha value is -2.01. The van der Waals surface area contributed by atoms with Crippen LogP contribution in [0.2, 0.25) is 0 Å². The van der Waals surface area contributed by atoms with E-state index in [2.05, 4.69) is 26.3 Å². The highest BCUT2D eigenvalue weighted by atomic mass is 127. The van der Waals surface area contributed by atoms with Crippen LogP contribution in [0.25, 0.3) is 0 Å². The van der Waals surface area contributed by atoms with Crippen LogP contribution in [-0.2, 0) is 18.8 Å². The lowest BCUT2D eigenvalue weighted by Crippen LogP contribution is -2.37. The molecule has 2 aromatic rings. The van der Waals surface area contributed by atoms with Crippen LogP contribution in [0.4, 0.5) is 14.9 Å². The number of carbonyl (C=O) groups is 1. The largest absolute Gasteiger partial charge is 0.357 e. The second kappa shape index (κ2) is 14.9. The Labute approximate surface area is 211 Å². The third-order valence-corrected chi connectivity index (χ3v) is 4.91. The van der Waals surface area contributed by atoms with E-state index in [0.29, 0.717) is 19.0 Å². The van der Waals surface area contributed by atoms with Crippen LogP contribution >= 0.6 is 35.7 Å². The first-order chi connectivity index (χ1) is 14.9. The first kappa shape index (κ1) is 28.0.